The Kier molecular flexibility index (Phi) is 11.3. The molecule has 1 unspecified atom stereocenters. The van der Waals surface area contributed by atoms with Crippen molar-refractivity contribution in [1.82, 2.24) is 0 Å². The molecule has 3 aromatic rings. The first kappa shape index (κ1) is 28.2. The highest BCUT2D eigenvalue weighted by molar-refractivity contribution is 7.80. The zero-order valence-corrected chi connectivity index (χ0v) is 23.6. The van der Waals surface area contributed by atoms with Crippen LogP contribution in [0, 0.1) is 20.8 Å². The molecular formula is C33H45NOS. The molecule has 2 nitrogen and oxygen atoms in total. The number of unbranched alkanes of at least 4 members (excludes halogenated alkanes) is 9. The summed E-state index contributed by atoms with van der Waals surface area (Å²) in [6, 6.07) is 17.2. The van der Waals surface area contributed by atoms with E-state index in [9.17, 15) is 5.11 Å². The number of hydrogen-bond donors (Lipinski definition) is 2. The van der Waals surface area contributed by atoms with E-state index in [1.54, 1.807) is 0 Å². The number of benzene rings is 3. The molecule has 0 radical (unpaired) electrons. The zero-order valence-electron chi connectivity index (χ0n) is 22.8. The van der Waals surface area contributed by atoms with Gasteiger partial charge in [-0.05, 0) is 66.3 Å². The van der Waals surface area contributed by atoms with Crippen molar-refractivity contribution in [1.29, 1.82) is 0 Å². The first-order chi connectivity index (χ1) is 17.4. The maximum absolute atomic E-state index is 10.3. The van der Waals surface area contributed by atoms with Crippen LogP contribution in [-0.2, 0) is 0 Å². The normalized spacial score (nSPS) is 12.1. The lowest BCUT2D eigenvalue weighted by atomic mass is 9.88. The van der Waals surface area contributed by atoms with Crippen molar-refractivity contribution < 1.29 is 5.11 Å². The molecule has 3 rings (SSSR count). The van der Waals surface area contributed by atoms with Crippen LogP contribution in [0.15, 0.2) is 48.5 Å². The van der Waals surface area contributed by atoms with Crippen molar-refractivity contribution in [2.45, 2.75) is 104 Å². The van der Waals surface area contributed by atoms with Crippen molar-refractivity contribution in [2.24, 2.45) is 0 Å². The van der Waals surface area contributed by atoms with E-state index >= 15 is 0 Å². The molecule has 0 heterocycles. The topological polar surface area (TPSA) is 32.3 Å². The third-order valence-corrected chi connectivity index (χ3v) is 8.06. The predicted molar refractivity (Wildman–Crippen MR) is 162 cm³/mol. The van der Waals surface area contributed by atoms with E-state index in [0.29, 0.717) is 5.75 Å². The molecule has 0 saturated carbocycles. The molecule has 0 aliphatic carbocycles. The second-order valence-electron chi connectivity index (χ2n) is 10.4. The number of aryl methyl sites for hydroxylation is 1. The van der Waals surface area contributed by atoms with Gasteiger partial charge in [-0.3, -0.25) is 0 Å². The summed E-state index contributed by atoms with van der Waals surface area (Å²) in [7, 11) is 0. The molecule has 0 aromatic heterocycles. The van der Waals surface area contributed by atoms with Gasteiger partial charge in [0.2, 0.25) is 0 Å². The van der Waals surface area contributed by atoms with Crippen LogP contribution in [0.25, 0.3) is 10.8 Å². The van der Waals surface area contributed by atoms with Gasteiger partial charge in [-0.2, -0.15) is 0 Å². The van der Waals surface area contributed by atoms with Crippen molar-refractivity contribution in [3.8, 4) is 5.75 Å². The molecule has 36 heavy (non-hydrogen) atoms. The van der Waals surface area contributed by atoms with Crippen LogP contribution in [0.4, 0.5) is 5.69 Å². The number of hydrogen-bond acceptors (Lipinski definition) is 2. The number of thiocarbonyl (C=S) groups is 1. The minimum Gasteiger partial charge on any atom is -0.507 e. The summed E-state index contributed by atoms with van der Waals surface area (Å²) in [5.74, 6) is 0.536. The van der Waals surface area contributed by atoms with E-state index in [-0.39, 0.29) is 5.92 Å². The van der Waals surface area contributed by atoms with Gasteiger partial charge in [-0.25, -0.2) is 0 Å². The molecule has 0 spiro atoms. The van der Waals surface area contributed by atoms with Gasteiger partial charge in [-0.1, -0.05) is 126 Å². The minimum atomic E-state index is 0.161. The summed E-state index contributed by atoms with van der Waals surface area (Å²) in [6.07, 6.45) is 14.4. The molecule has 0 aliphatic rings. The summed E-state index contributed by atoms with van der Waals surface area (Å²) in [5.41, 5.74) is 5.15. The van der Waals surface area contributed by atoms with Crippen LogP contribution < -0.4 is 5.32 Å². The average molecular weight is 504 g/mol. The van der Waals surface area contributed by atoms with Crippen molar-refractivity contribution in [3.05, 3.63) is 70.8 Å². The highest BCUT2D eigenvalue weighted by atomic mass is 32.1. The predicted octanol–water partition coefficient (Wildman–Crippen LogP) is 10.3. The molecule has 0 bridgehead atoms. The van der Waals surface area contributed by atoms with Gasteiger partial charge in [0.25, 0.3) is 0 Å². The molecular weight excluding hydrogens is 458 g/mol. The molecule has 2 N–H and O–H groups in total. The molecule has 0 saturated heterocycles. The average Bonchev–Trinajstić information content (AvgIpc) is 2.89. The summed E-state index contributed by atoms with van der Waals surface area (Å²) in [6.45, 7) is 8.25. The SMILES string of the molecule is CCCCCCCCCCCCC(C(=S)Nc1cc(C)c(O)c(C)c1C)c1cccc2ccccc12. The van der Waals surface area contributed by atoms with E-state index < -0.39 is 0 Å². The Bertz CT molecular complexity index is 1130. The maximum atomic E-state index is 10.3. The summed E-state index contributed by atoms with van der Waals surface area (Å²) >= 11 is 6.08. The fourth-order valence-corrected chi connectivity index (χ4v) is 5.59. The van der Waals surface area contributed by atoms with Gasteiger partial charge >= 0.3 is 0 Å². The molecule has 0 amide bonds. The van der Waals surface area contributed by atoms with E-state index in [1.165, 1.54) is 80.5 Å². The Morgan fingerprint density at radius 2 is 1.42 bits per heavy atom. The summed E-state index contributed by atoms with van der Waals surface area (Å²) < 4.78 is 0. The highest BCUT2D eigenvalue weighted by Gasteiger charge is 2.21. The van der Waals surface area contributed by atoms with Crippen molar-refractivity contribution in [3.63, 3.8) is 0 Å². The number of phenolic OH excluding ortho intramolecular Hbond substituents is 1. The molecule has 3 heteroatoms. The highest BCUT2D eigenvalue weighted by Crippen LogP contribution is 2.34. The fourth-order valence-electron chi connectivity index (χ4n) is 5.24. The minimum absolute atomic E-state index is 0.161. The Hall–Kier alpha value is -2.39. The quantitative estimate of drug-likeness (QED) is 0.130. The second kappa shape index (κ2) is 14.4. The van der Waals surface area contributed by atoms with Gasteiger partial charge in [0.1, 0.15) is 5.75 Å². The number of phenols is 1. The largest absolute Gasteiger partial charge is 0.507 e. The molecule has 194 valence electrons. The fraction of sp³-hybridized carbons (Fsp3) is 0.485. The van der Waals surface area contributed by atoms with Gasteiger partial charge in [0, 0.05) is 11.6 Å². The number of anilines is 1. The second-order valence-corrected chi connectivity index (χ2v) is 10.9. The first-order valence-corrected chi connectivity index (χ1v) is 14.4. The van der Waals surface area contributed by atoms with E-state index in [4.69, 9.17) is 12.2 Å². The Morgan fingerprint density at radius 1 is 0.806 bits per heavy atom. The van der Waals surface area contributed by atoms with Crippen LogP contribution in [0.3, 0.4) is 0 Å². The van der Waals surface area contributed by atoms with Crippen LogP contribution in [0.1, 0.15) is 106 Å². The molecule has 0 aliphatic heterocycles. The lowest BCUT2D eigenvalue weighted by molar-refractivity contribution is 0.466. The zero-order chi connectivity index (χ0) is 25.9. The smallest absolute Gasteiger partial charge is 0.121 e. The monoisotopic (exact) mass is 503 g/mol. The van der Waals surface area contributed by atoms with Gasteiger partial charge in [-0.15, -0.1) is 0 Å². The molecule has 3 aromatic carbocycles. The number of rotatable bonds is 14. The number of fused-ring (bicyclic) bond motifs is 1. The molecule has 0 fully saturated rings. The van der Waals surface area contributed by atoms with E-state index in [0.717, 1.165) is 33.8 Å². The van der Waals surface area contributed by atoms with Gasteiger partial charge in [0.15, 0.2) is 0 Å². The Balaban J connectivity index is 1.69. The van der Waals surface area contributed by atoms with E-state index in [1.807, 2.05) is 19.9 Å². The van der Waals surface area contributed by atoms with Crippen LogP contribution in [0.5, 0.6) is 5.75 Å². The van der Waals surface area contributed by atoms with Crippen LogP contribution in [0.2, 0.25) is 0 Å². The van der Waals surface area contributed by atoms with Gasteiger partial charge < -0.3 is 10.4 Å². The Morgan fingerprint density at radius 3 is 2.11 bits per heavy atom. The van der Waals surface area contributed by atoms with Crippen LogP contribution >= 0.6 is 12.2 Å². The maximum Gasteiger partial charge on any atom is 0.121 e. The van der Waals surface area contributed by atoms with Gasteiger partial charge in [0.05, 0.1) is 4.99 Å². The third-order valence-electron chi connectivity index (χ3n) is 7.68. The van der Waals surface area contributed by atoms with E-state index in [2.05, 4.69) is 61.6 Å². The lowest BCUT2D eigenvalue weighted by Crippen LogP contribution is -2.20. The van der Waals surface area contributed by atoms with Crippen molar-refractivity contribution in [2.75, 3.05) is 5.32 Å². The number of nitrogens with one attached hydrogen (secondary N) is 1. The summed E-state index contributed by atoms with van der Waals surface area (Å²) in [5, 5.41) is 16.5. The first-order valence-electron chi connectivity index (χ1n) is 14.0. The molecule has 1 atom stereocenters. The Labute approximate surface area is 224 Å². The van der Waals surface area contributed by atoms with Crippen molar-refractivity contribution >= 4 is 33.7 Å². The number of aromatic hydroxyl groups is 1. The lowest BCUT2D eigenvalue weighted by Gasteiger charge is -2.23. The summed E-state index contributed by atoms with van der Waals surface area (Å²) in [4.78, 5) is 0.870. The third kappa shape index (κ3) is 7.56. The standard InChI is InChI=1S/C33H45NOS/c1-5-6-7-8-9-10-11-12-13-14-21-30(29-22-17-19-27-18-15-16-20-28(27)29)33(36)34-31-23-24(2)32(35)26(4)25(31)3/h15-20,22-23,30,35H,5-14,21H2,1-4H3,(H,34,36). The van der Waals surface area contributed by atoms with Crippen LogP contribution in [-0.4, -0.2) is 10.1 Å².